The summed E-state index contributed by atoms with van der Waals surface area (Å²) in [5.41, 5.74) is 6.07. The summed E-state index contributed by atoms with van der Waals surface area (Å²) in [4.78, 5) is 5.13. The highest BCUT2D eigenvalue weighted by Gasteiger charge is 2.48. The molecule has 2 fully saturated rings. The molecular formula is C25H35N3O. The molecule has 1 saturated carbocycles. The van der Waals surface area contributed by atoms with E-state index in [2.05, 4.69) is 61.8 Å². The standard InChI is InChI=1S/C25H35N3O/c1-17-6-8-21(9-7-17)15-27-10-12-28(13-11-27)16-25(5)14-22-20(4)29-19(3)18(2)23(22)24(25)26/h6-9,23,26H,10-16H2,1-5H3. The molecule has 3 aliphatic rings. The number of aryl methyl sites for hydroxylation is 1. The van der Waals surface area contributed by atoms with Crippen LogP contribution in [0.1, 0.15) is 45.2 Å². The zero-order valence-corrected chi connectivity index (χ0v) is 18.6. The van der Waals surface area contributed by atoms with E-state index in [-0.39, 0.29) is 11.3 Å². The van der Waals surface area contributed by atoms with Crippen molar-refractivity contribution in [2.75, 3.05) is 32.7 Å². The van der Waals surface area contributed by atoms with Gasteiger partial charge in [0.05, 0.1) is 0 Å². The van der Waals surface area contributed by atoms with Gasteiger partial charge in [0.25, 0.3) is 0 Å². The maximum absolute atomic E-state index is 9.00. The van der Waals surface area contributed by atoms with Crippen LogP contribution in [-0.4, -0.2) is 48.2 Å². The molecule has 4 rings (SSSR count). The van der Waals surface area contributed by atoms with Crippen molar-refractivity contribution in [1.29, 1.82) is 5.41 Å². The van der Waals surface area contributed by atoms with E-state index in [9.17, 15) is 0 Å². The van der Waals surface area contributed by atoms with Gasteiger partial charge < -0.3 is 10.1 Å². The molecule has 1 aromatic rings. The Balaban J connectivity index is 1.37. The number of nitrogens with zero attached hydrogens (tertiary/aromatic N) is 2. The SMILES string of the molecule is CC1=C(C)C2C(=N)C(C)(CN3CCN(Cc4ccc(C)cc4)CC3)CC2=C(C)O1. The molecule has 2 aliphatic heterocycles. The third-order valence-electron chi connectivity index (χ3n) is 7.18. The second-order valence-corrected chi connectivity index (χ2v) is 9.54. The molecule has 1 aromatic carbocycles. The molecular weight excluding hydrogens is 358 g/mol. The fourth-order valence-corrected chi connectivity index (χ4v) is 5.22. The van der Waals surface area contributed by atoms with Crippen LogP contribution in [0.2, 0.25) is 0 Å². The summed E-state index contributed by atoms with van der Waals surface area (Å²) in [6, 6.07) is 8.91. The van der Waals surface area contributed by atoms with Crippen LogP contribution in [-0.2, 0) is 11.3 Å². The molecule has 156 valence electrons. The van der Waals surface area contributed by atoms with Gasteiger partial charge in [-0.15, -0.1) is 0 Å². The molecule has 0 radical (unpaired) electrons. The molecule has 0 bridgehead atoms. The smallest absolute Gasteiger partial charge is 0.101 e. The highest BCUT2D eigenvalue weighted by atomic mass is 16.5. The van der Waals surface area contributed by atoms with Gasteiger partial charge in [-0.2, -0.15) is 0 Å². The summed E-state index contributed by atoms with van der Waals surface area (Å²) >= 11 is 0. The number of benzene rings is 1. The van der Waals surface area contributed by atoms with Crippen LogP contribution in [0.4, 0.5) is 0 Å². The van der Waals surface area contributed by atoms with Crippen molar-refractivity contribution in [3.63, 3.8) is 0 Å². The van der Waals surface area contributed by atoms with E-state index in [1.54, 1.807) is 0 Å². The first-order valence-corrected chi connectivity index (χ1v) is 10.9. The Morgan fingerprint density at radius 1 is 0.966 bits per heavy atom. The summed E-state index contributed by atoms with van der Waals surface area (Å²) < 4.78 is 5.96. The molecule has 0 spiro atoms. The first-order valence-electron chi connectivity index (χ1n) is 10.9. The maximum Gasteiger partial charge on any atom is 0.101 e. The lowest BCUT2D eigenvalue weighted by molar-refractivity contribution is 0.106. The van der Waals surface area contributed by atoms with Crippen molar-refractivity contribution in [3.8, 4) is 0 Å². The van der Waals surface area contributed by atoms with Gasteiger partial charge in [-0.1, -0.05) is 36.8 Å². The minimum absolute atomic E-state index is 0.0877. The number of piperazine rings is 1. The van der Waals surface area contributed by atoms with Crippen molar-refractivity contribution >= 4 is 5.71 Å². The normalized spacial score (nSPS) is 28.7. The van der Waals surface area contributed by atoms with Crippen molar-refractivity contribution in [2.24, 2.45) is 11.3 Å². The van der Waals surface area contributed by atoms with Gasteiger partial charge in [0, 0.05) is 56.3 Å². The number of nitrogens with one attached hydrogen (secondary N) is 1. The van der Waals surface area contributed by atoms with E-state index < -0.39 is 0 Å². The molecule has 1 saturated heterocycles. The Morgan fingerprint density at radius 3 is 2.24 bits per heavy atom. The van der Waals surface area contributed by atoms with Gasteiger partial charge in [-0.3, -0.25) is 9.80 Å². The van der Waals surface area contributed by atoms with E-state index in [1.807, 2.05) is 6.92 Å². The Labute approximate surface area is 175 Å². The lowest BCUT2D eigenvalue weighted by atomic mass is 9.83. The van der Waals surface area contributed by atoms with E-state index in [0.29, 0.717) is 0 Å². The number of rotatable bonds is 4. The summed E-state index contributed by atoms with van der Waals surface area (Å²) in [6.45, 7) is 17.1. The predicted molar refractivity (Wildman–Crippen MR) is 119 cm³/mol. The first kappa shape index (κ1) is 20.4. The third kappa shape index (κ3) is 3.93. The molecule has 4 nitrogen and oxygen atoms in total. The highest BCUT2D eigenvalue weighted by molar-refractivity contribution is 5.97. The average molecular weight is 394 g/mol. The lowest BCUT2D eigenvalue weighted by Gasteiger charge is -2.39. The maximum atomic E-state index is 9.00. The van der Waals surface area contributed by atoms with Gasteiger partial charge >= 0.3 is 0 Å². The third-order valence-corrected chi connectivity index (χ3v) is 7.18. The molecule has 29 heavy (non-hydrogen) atoms. The van der Waals surface area contributed by atoms with Crippen molar-refractivity contribution in [2.45, 2.75) is 47.6 Å². The summed E-state index contributed by atoms with van der Waals surface area (Å²) in [5.74, 6) is 2.17. The van der Waals surface area contributed by atoms with Gasteiger partial charge in [0.2, 0.25) is 0 Å². The zero-order valence-electron chi connectivity index (χ0n) is 18.6. The predicted octanol–water partition coefficient (Wildman–Crippen LogP) is 4.76. The van der Waals surface area contributed by atoms with Crippen molar-refractivity contribution < 1.29 is 4.74 Å². The summed E-state index contributed by atoms with van der Waals surface area (Å²) in [5, 5.41) is 9.00. The molecule has 2 atom stereocenters. The van der Waals surface area contributed by atoms with Crippen LogP contribution in [0.3, 0.4) is 0 Å². The minimum atomic E-state index is -0.0877. The largest absolute Gasteiger partial charge is 0.467 e. The first-order chi connectivity index (χ1) is 13.8. The Bertz CT molecular complexity index is 859. The minimum Gasteiger partial charge on any atom is -0.467 e. The van der Waals surface area contributed by atoms with Crippen LogP contribution in [0.5, 0.6) is 0 Å². The molecule has 1 N–H and O–H groups in total. The Kier molecular flexibility index (Phi) is 5.43. The fraction of sp³-hybridized carbons (Fsp3) is 0.560. The monoisotopic (exact) mass is 393 g/mol. The van der Waals surface area contributed by atoms with E-state index in [1.165, 1.54) is 22.3 Å². The van der Waals surface area contributed by atoms with Crippen LogP contribution in [0, 0.1) is 23.7 Å². The topological polar surface area (TPSA) is 39.6 Å². The zero-order chi connectivity index (χ0) is 20.8. The molecule has 0 amide bonds. The second kappa shape index (κ2) is 7.73. The van der Waals surface area contributed by atoms with Crippen LogP contribution < -0.4 is 0 Å². The molecule has 0 aromatic heterocycles. The van der Waals surface area contributed by atoms with Crippen molar-refractivity contribution in [3.05, 3.63) is 58.1 Å². The number of allylic oxidation sites excluding steroid dienone is 4. The Hall–Kier alpha value is -1.91. The Morgan fingerprint density at radius 2 is 1.59 bits per heavy atom. The van der Waals surface area contributed by atoms with E-state index in [0.717, 1.165) is 62.9 Å². The van der Waals surface area contributed by atoms with Crippen molar-refractivity contribution in [1.82, 2.24) is 9.80 Å². The van der Waals surface area contributed by atoms with Gasteiger partial charge in [0.1, 0.15) is 11.5 Å². The number of ether oxygens (including phenoxy) is 1. The molecule has 1 aliphatic carbocycles. The quantitative estimate of drug-likeness (QED) is 0.802. The van der Waals surface area contributed by atoms with Gasteiger partial charge in [0.15, 0.2) is 0 Å². The van der Waals surface area contributed by atoms with Gasteiger partial charge in [-0.25, -0.2) is 0 Å². The van der Waals surface area contributed by atoms with Crippen LogP contribution in [0.15, 0.2) is 46.9 Å². The molecule has 2 unspecified atom stereocenters. The van der Waals surface area contributed by atoms with Crippen LogP contribution in [0.25, 0.3) is 0 Å². The van der Waals surface area contributed by atoms with E-state index in [4.69, 9.17) is 10.1 Å². The average Bonchev–Trinajstić information content (AvgIpc) is 2.95. The fourth-order valence-electron chi connectivity index (χ4n) is 5.22. The number of hydrogen-bond donors (Lipinski definition) is 1. The van der Waals surface area contributed by atoms with Crippen LogP contribution >= 0.6 is 0 Å². The number of fused-ring (bicyclic) bond motifs is 1. The van der Waals surface area contributed by atoms with Gasteiger partial charge in [-0.05, 0) is 50.8 Å². The second-order valence-electron chi connectivity index (χ2n) is 9.54. The molecule has 4 heteroatoms. The highest BCUT2D eigenvalue weighted by Crippen LogP contribution is 2.50. The molecule has 2 heterocycles. The summed E-state index contributed by atoms with van der Waals surface area (Å²) in [6.07, 6.45) is 0.955. The van der Waals surface area contributed by atoms with E-state index >= 15 is 0 Å². The lowest BCUT2D eigenvalue weighted by Crippen LogP contribution is -2.50. The summed E-state index contributed by atoms with van der Waals surface area (Å²) in [7, 11) is 0. The number of hydrogen-bond acceptors (Lipinski definition) is 4.